The van der Waals surface area contributed by atoms with E-state index < -0.39 is 17.7 Å². The van der Waals surface area contributed by atoms with Gasteiger partial charge in [-0.25, -0.2) is 8.78 Å². The zero-order valence-corrected chi connectivity index (χ0v) is 10.6. The van der Waals surface area contributed by atoms with Gasteiger partial charge in [-0.3, -0.25) is 4.79 Å². The van der Waals surface area contributed by atoms with Crippen LogP contribution in [-0.4, -0.2) is 18.0 Å². The van der Waals surface area contributed by atoms with Crippen LogP contribution in [0.5, 0.6) is 0 Å². The largest absolute Gasteiger partial charge is 0.397 e. The lowest BCUT2D eigenvalue weighted by molar-refractivity contribution is -0.122. The molecular formula is C12H17F2N3O. The molecule has 0 aromatic heterocycles. The number of benzene rings is 1. The minimum atomic E-state index is -1.08. The zero-order valence-electron chi connectivity index (χ0n) is 10.6. The molecule has 1 amide bonds. The number of nitrogen functional groups attached to an aromatic ring is 1. The Morgan fingerprint density at radius 1 is 1.28 bits per heavy atom. The van der Waals surface area contributed by atoms with Crippen molar-refractivity contribution in [1.29, 1.82) is 0 Å². The number of nitrogens with one attached hydrogen (secondary N) is 2. The van der Waals surface area contributed by atoms with E-state index in [9.17, 15) is 13.6 Å². The van der Waals surface area contributed by atoms with Crippen LogP contribution in [0.2, 0.25) is 0 Å². The summed E-state index contributed by atoms with van der Waals surface area (Å²) in [5, 5.41) is 5.23. The van der Waals surface area contributed by atoms with E-state index in [-0.39, 0.29) is 23.3 Å². The van der Waals surface area contributed by atoms with Crippen LogP contribution >= 0.6 is 0 Å². The van der Waals surface area contributed by atoms with Crippen molar-refractivity contribution < 1.29 is 13.6 Å². The van der Waals surface area contributed by atoms with Crippen molar-refractivity contribution in [3.63, 3.8) is 0 Å². The number of carbonyl (C=O) groups is 1. The lowest BCUT2D eigenvalue weighted by Crippen LogP contribution is -2.41. The van der Waals surface area contributed by atoms with Crippen LogP contribution in [0, 0.1) is 11.6 Å². The second-order valence-corrected chi connectivity index (χ2v) is 4.35. The molecule has 1 atom stereocenters. The summed E-state index contributed by atoms with van der Waals surface area (Å²) in [5.74, 6) is -2.41. The molecule has 0 aliphatic carbocycles. The van der Waals surface area contributed by atoms with Crippen molar-refractivity contribution in [2.24, 2.45) is 0 Å². The van der Waals surface area contributed by atoms with E-state index in [0.717, 1.165) is 6.07 Å². The van der Waals surface area contributed by atoms with Crippen molar-refractivity contribution in [2.45, 2.75) is 32.9 Å². The fourth-order valence-electron chi connectivity index (χ4n) is 1.40. The first-order valence-electron chi connectivity index (χ1n) is 5.63. The molecule has 0 radical (unpaired) electrons. The number of halogens is 2. The van der Waals surface area contributed by atoms with Crippen molar-refractivity contribution in [3.05, 3.63) is 23.8 Å². The molecule has 0 aliphatic heterocycles. The van der Waals surface area contributed by atoms with E-state index in [2.05, 4.69) is 10.6 Å². The van der Waals surface area contributed by atoms with E-state index in [1.807, 2.05) is 13.8 Å². The quantitative estimate of drug-likeness (QED) is 0.721. The van der Waals surface area contributed by atoms with Crippen molar-refractivity contribution in [1.82, 2.24) is 5.32 Å². The summed E-state index contributed by atoms with van der Waals surface area (Å²) in [4.78, 5) is 11.6. The average Bonchev–Trinajstić information content (AvgIpc) is 2.28. The molecule has 1 unspecified atom stereocenters. The lowest BCUT2D eigenvalue weighted by Gasteiger charge is -2.18. The summed E-state index contributed by atoms with van der Waals surface area (Å²) in [6.07, 6.45) is 0. The Hall–Kier alpha value is -1.85. The van der Waals surface area contributed by atoms with Gasteiger partial charge in [0.1, 0.15) is 6.04 Å². The molecule has 6 heteroatoms. The molecule has 100 valence electrons. The van der Waals surface area contributed by atoms with Crippen molar-refractivity contribution in [3.8, 4) is 0 Å². The second-order valence-electron chi connectivity index (χ2n) is 4.35. The molecular weight excluding hydrogens is 240 g/mol. The Balaban J connectivity index is 2.85. The third kappa shape index (κ3) is 3.32. The second kappa shape index (κ2) is 5.66. The van der Waals surface area contributed by atoms with Crippen molar-refractivity contribution >= 4 is 17.3 Å². The number of carbonyl (C=O) groups excluding carboxylic acids is 1. The topological polar surface area (TPSA) is 67.2 Å². The summed E-state index contributed by atoms with van der Waals surface area (Å²) < 4.78 is 26.5. The highest BCUT2D eigenvalue weighted by atomic mass is 19.2. The molecule has 0 saturated carbocycles. The van der Waals surface area contributed by atoms with Crippen LogP contribution in [0.1, 0.15) is 20.8 Å². The normalized spacial score (nSPS) is 12.3. The molecule has 0 aliphatic rings. The lowest BCUT2D eigenvalue weighted by atomic mass is 10.2. The van der Waals surface area contributed by atoms with Gasteiger partial charge in [-0.15, -0.1) is 0 Å². The van der Waals surface area contributed by atoms with Crippen LogP contribution in [-0.2, 0) is 4.79 Å². The maximum Gasteiger partial charge on any atom is 0.242 e. The molecule has 0 bridgehead atoms. The number of hydrogen-bond donors (Lipinski definition) is 3. The molecule has 0 fully saturated rings. The Morgan fingerprint density at radius 2 is 1.89 bits per heavy atom. The van der Waals surface area contributed by atoms with E-state index in [1.165, 1.54) is 6.07 Å². The van der Waals surface area contributed by atoms with Gasteiger partial charge in [-0.1, -0.05) is 0 Å². The van der Waals surface area contributed by atoms with Crippen LogP contribution < -0.4 is 16.4 Å². The molecule has 4 N–H and O–H groups in total. The fraction of sp³-hybridized carbons (Fsp3) is 0.417. The fourth-order valence-corrected chi connectivity index (χ4v) is 1.40. The highest BCUT2D eigenvalue weighted by molar-refractivity contribution is 5.85. The standard InChI is InChI=1S/C12H17F2N3O/c1-6(2)16-12(18)7(3)17-11-9(15)5-4-8(13)10(11)14/h4-7,17H,15H2,1-3H3,(H,16,18). The Labute approximate surface area is 105 Å². The Kier molecular flexibility index (Phi) is 4.47. The van der Waals surface area contributed by atoms with E-state index in [0.29, 0.717) is 0 Å². The van der Waals surface area contributed by atoms with Gasteiger partial charge in [0.25, 0.3) is 0 Å². The number of rotatable bonds is 4. The first kappa shape index (κ1) is 14.2. The highest BCUT2D eigenvalue weighted by Crippen LogP contribution is 2.25. The van der Waals surface area contributed by atoms with Crippen molar-refractivity contribution in [2.75, 3.05) is 11.1 Å². The SMILES string of the molecule is CC(C)NC(=O)C(C)Nc1c(N)ccc(F)c1F. The number of hydrogen-bond acceptors (Lipinski definition) is 3. The summed E-state index contributed by atoms with van der Waals surface area (Å²) in [7, 11) is 0. The third-order valence-electron chi connectivity index (χ3n) is 2.31. The van der Waals surface area contributed by atoms with Gasteiger partial charge in [0, 0.05) is 6.04 Å². The van der Waals surface area contributed by atoms with E-state index >= 15 is 0 Å². The van der Waals surface area contributed by atoms with E-state index in [4.69, 9.17) is 5.73 Å². The summed E-state index contributed by atoms with van der Waals surface area (Å²) in [5.41, 5.74) is 5.40. The first-order chi connectivity index (χ1) is 8.32. The molecule has 0 spiro atoms. The molecule has 0 heterocycles. The highest BCUT2D eigenvalue weighted by Gasteiger charge is 2.18. The first-order valence-corrected chi connectivity index (χ1v) is 5.63. The molecule has 1 aromatic carbocycles. The van der Waals surface area contributed by atoms with Crippen LogP contribution in [0.25, 0.3) is 0 Å². The zero-order chi connectivity index (χ0) is 13.9. The molecule has 1 aromatic rings. The van der Waals surface area contributed by atoms with Gasteiger partial charge in [0.15, 0.2) is 11.6 Å². The molecule has 18 heavy (non-hydrogen) atoms. The maximum absolute atomic E-state index is 13.5. The third-order valence-corrected chi connectivity index (χ3v) is 2.31. The summed E-state index contributed by atoms with van der Waals surface area (Å²) >= 11 is 0. The van der Waals surface area contributed by atoms with Crippen LogP contribution in [0.3, 0.4) is 0 Å². The van der Waals surface area contributed by atoms with Gasteiger partial charge in [-0.05, 0) is 32.9 Å². The Morgan fingerprint density at radius 3 is 2.44 bits per heavy atom. The average molecular weight is 257 g/mol. The maximum atomic E-state index is 13.5. The number of nitrogens with two attached hydrogens (primary N) is 1. The van der Waals surface area contributed by atoms with Gasteiger partial charge < -0.3 is 16.4 Å². The Bertz CT molecular complexity index is 449. The van der Waals surface area contributed by atoms with Gasteiger partial charge in [0.05, 0.1) is 11.4 Å². The van der Waals surface area contributed by atoms with Crippen LogP contribution in [0.15, 0.2) is 12.1 Å². The van der Waals surface area contributed by atoms with Gasteiger partial charge in [0.2, 0.25) is 5.91 Å². The number of anilines is 2. The number of amides is 1. The molecule has 4 nitrogen and oxygen atoms in total. The molecule has 1 rings (SSSR count). The van der Waals surface area contributed by atoms with Gasteiger partial charge >= 0.3 is 0 Å². The minimum Gasteiger partial charge on any atom is -0.397 e. The molecule has 0 saturated heterocycles. The summed E-state index contributed by atoms with van der Waals surface area (Å²) in [6, 6.07) is 1.44. The van der Waals surface area contributed by atoms with E-state index in [1.54, 1.807) is 6.92 Å². The van der Waals surface area contributed by atoms with Crippen LogP contribution in [0.4, 0.5) is 20.2 Å². The minimum absolute atomic E-state index is 0.0311. The summed E-state index contributed by atoms with van der Waals surface area (Å²) in [6.45, 7) is 5.16. The predicted molar refractivity (Wildman–Crippen MR) is 67.1 cm³/mol. The van der Waals surface area contributed by atoms with Gasteiger partial charge in [-0.2, -0.15) is 0 Å². The monoisotopic (exact) mass is 257 g/mol. The predicted octanol–water partition coefficient (Wildman–Crippen LogP) is 1.87. The smallest absolute Gasteiger partial charge is 0.242 e.